The summed E-state index contributed by atoms with van der Waals surface area (Å²) < 4.78 is 7.91. The molecule has 7 nitrogen and oxygen atoms in total. The summed E-state index contributed by atoms with van der Waals surface area (Å²) in [6.07, 6.45) is 4.72. The highest BCUT2D eigenvalue weighted by atomic mass is 35.5. The van der Waals surface area contributed by atoms with E-state index in [1.54, 1.807) is 23.0 Å². The maximum absolute atomic E-state index is 12.0. The number of halogens is 1. The lowest BCUT2D eigenvalue weighted by Gasteiger charge is -2.09. The van der Waals surface area contributed by atoms with Crippen LogP contribution in [0.5, 0.6) is 0 Å². The van der Waals surface area contributed by atoms with Crippen LogP contribution in [-0.2, 0) is 4.74 Å². The number of aromatic nitrogens is 3. The van der Waals surface area contributed by atoms with Crippen LogP contribution in [0.3, 0.4) is 0 Å². The van der Waals surface area contributed by atoms with Gasteiger partial charge in [-0.1, -0.05) is 11.6 Å². The largest absolute Gasteiger partial charge is 0.464 e. The van der Waals surface area contributed by atoms with Crippen molar-refractivity contribution in [1.82, 2.24) is 14.3 Å². The zero-order valence-electron chi connectivity index (χ0n) is 12.6. The number of methoxy groups -OCH3 is 1. The van der Waals surface area contributed by atoms with E-state index < -0.39 is 5.97 Å². The van der Waals surface area contributed by atoms with Gasteiger partial charge in [-0.2, -0.15) is 10.4 Å². The van der Waals surface area contributed by atoms with Crippen molar-refractivity contribution in [2.45, 2.75) is 0 Å². The van der Waals surface area contributed by atoms with Gasteiger partial charge >= 0.3 is 5.97 Å². The van der Waals surface area contributed by atoms with Crippen LogP contribution >= 0.6 is 11.6 Å². The third kappa shape index (κ3) is 2.59. The minimum Gasteiger partial charge on any atom is -0.464 e. The molecule has 2 aromatic heterocycles. The summed E-state index contributed by atoms with van der Waals surface area (Å²) in [5.41, 5.74) is 7.75. The van der Waals surface area contributed by atoms with E-state index in [1.165, 1.54) is 24.1 Å². The molecule has 0 radical (unpaired) electrons. The highest BCUT2D eigenvalue weighted by Gasteiger charge is 2.21. The van der Waals surface area contributed by atoms with E-state index in [-0.39, 0.29) is 16.9 Å². The minimum absolute atomic E-state index is 0.0901. The lowest BCUT2D eigenvalue weighted by atomic mass is 10.2. The third-order valence-corrected chi connectivity index (χ3v) is 3.68. The number of rotatable bonds is 3. The molecule has 0 aliphatic rings. The second-order valence-electron chi connectivity index (χ2n) is 4.90. The van der Waals surface area contributed by atoms with Crippen LogP contribution in [0.4, 0.5) is 5.69 Å². The second kappa shape index (κ2) is 6.10. The second-order valence-corrected chi connectivity index (χ2v) is 5.33. The number of nitriles is 1. The average molecular weight is 342 g/mol. The Balaban J connectivity index is 2.06. The number of benzene rings is 1. The van der Waals surface area contributed by atoms with Crippen molar-refractivity contribution >= 4 is 23.3 Å². The molecular weight excluding hydrogens is 330 g/mol. The zero-order chi connectivity index (χ0) is 17.3. The third-order valence-electron chi connectivity index (χ3n) is 3.49. The fraction of sp³-hybridized carbons (Fsp3) is 0.0625. The molecule has 0 aliphatic carbocycles. The molecule has 0 amide bonds. The lowest BCUT2D eigenvalue weighted by molar-refractivity contribution is 0.0593. The number of carbonyl (C=O) groups excluding carboxylic acids is 1. The first-order valence-corrected chi connectivity index (χ1v) is 7.23. The van der Waals surface area contributed by atoms with E-state index in [2.05, 4.69) is 5.10 Å². The zero-order valence-corrected chi connectivity index (χ0v) is 13.4. The van der Waals surface area contributed by atoms with Crippen LogP contribution in [0.15, 0.2) is 42.9 Å². The van der Waals surface area contributed by atoms with Crippen molar-refractivity contribution in [2.24, 2.45) is 0 Å². The van der Waals surface area contributed by atoms with Crippen LogP contribution in [0.25, 0.3) is 11.4 Å². The summed E-state index contributed by atoms with van der Waals surface area (Å²) in [4.78, 5) is 12.0. The topological polar surface area (TPSA) is 98.9 Å². The molecule has 2 heterocycles. The van der Waals surface area contributed by atoms with Gasteiger partial charge in [-0.05, 0) is 24.3 Å². The summed E-state index contributed by atoms with van der Waals surface area (Å²) in [6.45, 7) is 0. The predicted octanol–water partition coefficient (Wildman–Crippen LogP) is 2.56. The van der Waals surface area contributed by atoms with E-state index in [0.717, 1.165) is 5.69 Å². The number of ether oxygens (including phenoxy) is 1. The van der Waals surface area contributed by atoms with Crippen molar-refractivity contribution < 1.29 is 9.53 Å². The first-order chi connectivity index (χ1) is 11.5. The number of carbonyl (C=O) groups is 1. The van der Waals surface area contributed by atoms with Crippen molar-refractivity contribution in [1.29, 1.82) is 5.26 Å². The highest BCUT2D eigenvalue weighted by molar-refractivity contribution is 6.30. The van der Waals surface area contributed by atoms with Crippen molar-refractivity contribution in [3.63, 3.8) is 0 Å². The van der Waals surface area contributed by atoms with Crippen LogP contribution < -0.4 is 5.73 Å². The first-order valence-electron chi connectivity index (χ1n) is 6.85. The molecule has 3 rings (SSSR count). The number of esters is 1. The van der Waals surface area contributed by atoms with Crippen LogP contribution in [0.1, 0.15) is 16.1 Å². The van der Waals surface area contributed by atoms with Crippen LogP contribution in [0.2, 0.25) is 5.02 Å². The van der Waals surface area contributed by atoms with E-state index in [1.807, 2.05) is 18.2 Å². The van der Waals surface area contributed by atoms with Gasteiger partial charge in [-0.25, -0.2) is 9.48 Å². The van der Waals surface area contributed by atoms with Crippen LogP contribution in [0, 0.1) is 11.3 Å². The standard InChI is InChI=1S/C16H12ClN5O2/c1-24-16(23)15-14(19)10(6-18)8-21(15)12-2-4-13(5-3-12)22-9-11(17)7-20-22/h2-5,7-9H,19H2,1H3. The number of hydrogen-bond acceptors (Lipinski definition) is 5. The molecule has 0 atom stereocenters. The quantitative estimate of drug-likeness (QED) is 0.738. The Morgan fingerprint density at radius 3 is 2.50 bits per heavy atom. The maximum Gasteiger partial charge on any atom is 0.357 e. The lowest BCUT2D eigenvalue weighted by Crippen LogP contribution is -2.11. The van der Waals surface area contributed by atoms with E-state index in [0.29, 0.717) is 10.7 Å². The molecule has 0 aliphatic heterocycles. The van der Waals surface area contributed by atoms with E-state index in [9.17, 15) is 4.79 Å². The van der Waals surface area contributed by atoms with Crippen molar-refractivity contribution in [2.75, 3.05) is 12.8 Å². The van der Waals surface area contributed by atoms with Crippen molar-refractivity contribution in [3.05, 3.63) is 59.1 Å². The minimum atomic E-state index is -0.614. The Kier molecular flexibility index (Phi) is 3.98. The molecule has 3 aromatic rings. The van der Waals surface area contributed by atoms with Gasteiger partial charge < -0.3 is 15.0 Å². The Hall–Kier alpha value is -3.24. The smallest absolute Gasteiger partial charge is 0.357 e. The molecule has 2 N–H and O–H groups in total. The van der Waals surface area contributed by atoms with Gasteiger partial charge in [0, 0.05) is 18.1 Å². The van der Waals surface area contributed by atoms with Gasteiger partial charge in [0.15, 0.2) is 5.69 Å². The number of hydrogen-bond donors (Lipinski definition) is 1. The summed E-state index contributed by atoms with van der Waals surface area (Å²) in [5, 5.41) is 13.8. The van der Waals surface area contributed by atoms with Gasteiger partial charge in [0.05, 0.1) is 35.3 Å². The molecule has 8 heteroatoms. The monoisotopic (exact) mass is 341 g/mol. The summed E-state index contributed by atoms with van der Waals surface area (Å²) in [6, 6.07) is 9.13. The van der Waals surface area contributed by atoms with Gasteiger partial charge in [-0.3, -0.25) is 0 Å². The average Bonchev–Trinajstić information content (AvgIpc) is 3.17. The number of anilines is 1. The van der Waals surface area contributed by atoms with E-state index in [4.69, 9.17) is 27.3 Å². The Morgan fingerprint density at radius 1 is 1.29 bits per heavy atom. The number of nitrogens with zero attached hydrogens (tertiary/aromatic N) is 4. The predicted molar refractivity (Wildman–Crippen MR) is 88.4 cm³/mol. The Bertz CT molecular complexity index is 950. The Labute approximate surface area is 142 Å². The van der Waals surface area contributed by atoms with Gasteiger partial charge in [0.1, 0.15) is 6.07 Å². The number of nitrogens with two attached hydrogens (primary N) is 1. The molecule has 0 unspecified atom stereocenters. The SMILES string of the molecule is COC(=O)c1c(N)c(C#N)cn1-c1ccc(-n2cc(Cl)cn2)cc1. The maximum atomic E-state index is 12.0. The van der Waals surface area contributed by atoms with Gasteiger partial charge in [0.2, 0.25) is 0 Å². The molecule has 1 aromatic carbocycles. The fourth-order valence-electron chi connectivity index (χ4n) is 2.33. The van der Waals surface area contributed by atoms with Crippen molar-refractivity contribution in [3.8, 4) is 17.4 Å². The summed E-state index contributed by atoms with van der Waals surface area (Å²) in [5.74, 6) is -0.614. The number of nitrogen functional groups attached to an aromatic ring is 1. The molecule has 24 heavy (non-hydrogen) atoms. The normalized spacial score (nSPS) is 10.4. The molecule has 0 saturated carbocycles. The first kappa shape index (κ1) is 15.6. The summed E-state index contributed by atoms with van der Waals surface area (Å²) >= 11 is 5.86. The van der Waals surface area contributed by atoms with Crippen LogP contribution in [-0.4, -0.2) is 27.4 Å². The summed E-state index contributed by atoms with van der Waals surface area (Å²) in [7, 11) is 1.26. The molecule has 0 fully saturated rings. The molecule has 0 saturated heterocycles. The van der Waals surface area contributed by atoms with Gasteiger partial charge in [0.25, 0.3) is 0 Å². The molecule has 0 bridgehead atoms. The highest BCUT2D eigenvalue weighted by Crippen LogP contribution is 2.25. The Morgan fingerprint density at radius 2 is 1.96 bits per heavy atom. The fourth-order valence-corrected chi connectivity index (χ4v) is 2.46. The molecule has 120 valence electrons. The molecular formula is C16H12ClN5O2. The van der Waals surface area contributed by atoms with E-state index >= 15 is 0 Å². The molecule has 0 spiro atoms. The van der Waals surface area contributed by atoms with Gasteiger partial charge in [-0.15, -0.1) is 0 Å².